The van der Waals surface area contributed by atoms with Gasteiger partial charge in [-0.1, -0.05) is 41.9 Å². The van der Waals surface area contributed by atoms with Gasteiger partial charge in [-0.2, -0.15) is 0 Å². The van der Waals surface area contributed by atoms with E-state index in [1.54, 1.807) is 12.1 Å². The van der Waals surface area contributed by atoms with Gasteiger partial charge in [0, 0.05) is 57.4 Å². The summed E-state index contributed by atoms with van der Waals surface area (Å²) in [5, 5.41) is 32.5. The van der Waals surface area contributed by atoms with Gasteiger partial charge in [0.1, 0.15) is 30.1 Å². The summed E-state index contributed by atoms with van der Waals surface area (Å²) in [6.45, 7) is 10.5. The van der Waals surface area contributed by atoms with Crippen LogP contribution in [-0.2, 0) is 17.9 Å². The molecule has 2 aliphatic heterocycles. The summed E-state index contributed by atoms with van der Waals surface area (Å²) in [4.78, 5) is 15.8. The fraction of sp³-hybridized carbons (Fsp3) is 0.513. The first-order chi connectivity index (χ1) is 24.2. The van der Waals surface area contributed by atoms with Crippen molar-refractivity contribution < 1.29 is 34.3 Å². The number of aliphatic hydroxyl groups excluding tert-OH is 3. The maximum Gasteiger partial charge on any atom is 0.142 e. The molecule has 0 amide bonds. The third kappa shape index (κ3) is 10.4. The number of β-amino-alcohol motifs (C(OH)–C–C–N with tert-alkyl or cyclic N) is 2. The number of benzene rings is 3. The van der Waals surface area contributed by atoms with Crippen LogP contribution >= 0.6 is 11.6 Å². The van der Waals surface area contributed by atoms with Crippen LogP contribution in [0.5, 0.6) is 17.2 Å². The van der Waals surface area contributed by atoms with E-state index >= 15 is 0 Å². The fourth-order valence-electron chi connectivity index (χ4n) is 6.68. The van der Waals surface area contributed by atoms with Crippen LogP contribution in [-0.4, -0.2) is 109 Å². The number of rotatable bonds is 19. The number of aldehydes is 1. The minimum absolute atomic E-state index is 0.204. The highest BCUT2D eigenvalue weighted by Gasteiger charge is 2.21. The Balaban J connectivity index is 1.24. The molecule has 10 nitrogen and oxygen atoms in total. The first kappa shape index (κ1) is 38.0. The molecule has 0 aromatic heterocycles. The second-order valence-corrected chi connectivity index (χ2v) is 13.8. The number of aliphatic hydroxyl groups is 3. The van der Waals surface area contributed by atoms with Gasteiger partial charge < -0.3 is 49.4 Å². The van der Waals surface area contributed by atoms with Crippen LogP contribution in [0.25, 0.3) is 11.1 Å². The molecule has 0 bridgehead atoms. The fourth-order valence-corrected chi connectivity index (χ4v) is 6.92. The molecule has 3 atom stereocenters. The van der Waals surface area contributed by atoms with E-state index < -0.39 is 6.04 Å². The lowest BCUT2D eigenvalue weighted by Gasteiger charge is -2.19. The summed E-state index contributed by atoms with van der Waals surface area (Å²) in [5.41, 5.74) is 6.17. The second-order valence-electron chi connectivity index (χ2n) is 13.4. The van der Waals surface area contributed by atoms with Crippen molar-refractivity contribution in [2.24, 2.45) is 0 Å². The SMILES string of the molecule is Cc1c(COc2cc(OCCCN3CCC(O)C3)c(CNC(C=O)CO)cc2Cl)cccc1-c1cccc(OCCCN2CCC(O)C2)c1C. The Morgan fingerprint density at radius 3 is 2.06 bits per heavy atom. The number of hydrogen-bond donors (Lipinski definition) is 4. The number of nitrogens with zero attached hydrogens (tertiary/aromatic N) is 2. The third-order valence-electron chi connectivity index (χ3n) is 9.68. The van der Waals surface area contributed by atoms with E-state index in [-0.39, 0.29) is 25.4 Å². The number of carbonyl (C=O) groups is 1. The Morgan fingerprint density at radius 2 is 1.46 bits per heavy atom. The number of hydrogen-bond acceptors (Lipinski definition) is 10. The molecule has 50 heavy (non-hydrogen) atoms. The van der Waals surface area contributed by atoms with Crippen LogP contribution in [0.4, 0.5) is 0 Å². The predicted octanol–water partition coefficient (Wildman–Crippen LogP) is 4.52. The highest BCUT2D eigenvalue weighted by atomic mass is 35.5. The van der Waals surface area contributed by atoms with Gasteiger partial charge in [-0.3, -0.25) is 0 Å². The molecule has 5 rings (SSSR count). The van der Waals surface area contributed by atoms with E-state index in [4.69, 9.17) is 25.8 Å². The Hall–Kier alpha value is -3.22. The summed E-state index contributed by atoms with van der Waals surface area (Å²) >= 11 is 6.73. The van der Waals surface area contributed by atoms with Gasteiger partial charge in [-0.15, -0.1) is 0 Å². The number of ether oxygens (including phenoxy) is 3. The van der Waals surface area contributed by atoms with Crippen LogP contribution in [0.3, 0.4) is 0 Å². The Labute approximate surface area is 300 Å². The molecule has 3 unspecified atom stereocenters. The van der Waals surface area contributed by atoms with Gasteiger partial charge in [-0.05, 0) is 79.5 Å². The first-order valence-electron chi connectivity index (χ1n) is 17.7. The van der Waals surface area contributed by atoms with Gasteiger partial charge in [-0.25, -0.2) is 0 Å². The molecule has 272 valence electrons. The normalized spacial score (nSPS) is 18.8. The molecule has 3 aromatic rings. The molecular formula is C39H52ClN3O7. The summed E-state index contributed by atoms with van der Waals surface area (Å²) in [5.74, 6) is 1.95. The quantitative estimate of drug-likeness (QED) is 0.104. The summed E-state index contributed by atoms with van der Waals surface area (Å²) < 4.78 is 18.8. The van der Waals surface area contributed by atoms with Gasteiger partial charge in [0.05, 0.1) is 43.1 Å². The molecule has 0 radical (unpaired) electrons. The molecule has 11 heteroatoms. The molecule has 3 aromatic carbocycles. The predicted molar refractivity (Wildman–Crippen MR) is 195 cm³/mol. The number of halogens is 1. The van der Waals surface area contributed by atoms with Crippen LogP contribution in [0.2, 0.25) is 5.02 Å². The van der Waals surface area contributed by atoms with E-state index in [1.165, 1.54) is 0 Å². The van der Waals surface area contributed by atoms with E-state index in [0.717, 1.165) is 97.5 Å². The van der Waals surface area contributed by atoms with Crippen molar-refractivity contribution in [2.75, 3.05) is 59.1 Å². The molecule has 2 aliphatic rings. The number of likely N-dealkylation sites (tertiary alicyclic amines) is 2. The Kier molecular flexibility index (Phi) is 14.3. The van der Waals surface area contributed by atoms with Crippen molar-refractivity contribution in [3.05, 3.63) is 75.8 Å². The maximum absolute atomic E-state index is 11.3. The van der Waals surface area contributed by atoms with Crippen LogP contribution in [0.1, 0.15) is 47.9 Å². The molecule has 0 saturated carbocycles. The molecule has 0 aliphatic carbocycles. The van der Waals surface area contributed by atoms with E-state index in [9.17, 15) is 20.1 Å². The third-order valence-corrected chi connectivity index (χ3v) is 9.98. The van der Waals surface area contributed by atoms with Crippen molar-refractivity contribution in [1.29, 1.82) is 0 Å². The number of carbonyl (C=O) groups excluding carboxylic acids is 1. The van der Waals surface area contributed by atoms with Gasteiger partial charge in [0.2, 0.25) is 0 Å². The lowest BCUT2D eigenvalue weighted by atomic mass is 9.93. The lowest BCUT2D eigenvalue weighted by Crippen LogP contribution is -2.33. The van der Waals surface area contributed by atoms with Gasteiger partial charge in [0.15, 0.2) is 0 Å². The van der Waals surface area contributed by atoms with Crippen molar-refractivity contribution in [3.8, 4) is 28.4 Å². The lowest BCUT2D eigenvalue weighted by molar-refractivity contribution is -0.110. The van der Waals surface area contributed by atoms with Crippen molar-refractivity contribution in [1.82, 2.24) is 15.1 Å². The minimum Gasteiger partial charge on any atom is -0.493 e. The summed E-state index contributed by atoms with van der Waals surface area (Å²) in [6, 6.07) is 15.2. The molecule has 2 heterocycles. The van der Waals surface area contributed by atoms with Gasteiger partial charge >= 0.3 is 0 Å². The molecule has 2 fully saturated rings. The zero-order valence-electron chi connectivity index (χ0n) is 29.3. The minimum atomic E-state index is -0.694. The highest BCUT2D eigenvalue weighted by Crippen LogP contribution is 2.36. The zero-order chi connectivity index (χ0) is 35.5. The highest BCUT2D eigenvalue weighted by molar-refractivity contribution is 6.32. The second kappa shape index (κ2) is 18.9. The van der Waals surface area contributed by atoms with Crippen LogP contribution in [0.15, 0.2) is 48.5 Å². The topological polar surface area (TPSA) is 124 Å². The van der Waals surface area contributed by atoms with Crippen molar-refractivity contribution in [2.45, 2.75) is 70.9 Å². The van der Waals surface area contributed by atoms with E-state index in [2.05, 4.69) is 47.2 Å². The average molecular weight is 710 g/mol. The molecule has 0 spiro atoms. The van der Waals surface area contributed by atoms with Gasteiger partial charge in [0.25, 0.3) is 0 Å². The zero-order valence-corrected chi connectivity index (χ0v) is 30.0. The largest absolute Gasteiger partial charge is 0.493 e. The van der Waals surface area contributed by atoms with Crippen LogP contribution < -0.4 is 19.5 Å². The smallest absolute Gasteiger partial charge is 0.142 e. The first-order valence-corrected chi connectivity index (χ1v) is 18.1. The average Bonchev–Trinajstić information content (AvgIpc) is 3.73. The maximum atomic E-state index is 11.3. The van der Waals surface area contributed by atoms with Crippen molar-refractivity contribution >= 4 is 17.9 Å². The summed E-state index contributed by atoms with van der Waals surface area (Å²) in [6.07, 6.45) is 3.55. The summed E-state index contributed by atoms with van der Waals surface area (Å²) in [7, 11) is 0. The Bertz CT molecular complexity index is 1560. The molecular weight excluding hydrogens is 658 g/mol. The Morgan fingerprint density at radius 1 is 0.840 bits per heavy atom. The van der Waals surface area contributed by atoms with E-state index in [0.29, 0.717) is 49.2 Å². The van der Waals surface area contributed by atoms with Crippen molar-refractivity contribution in [3.63, 3.8) is 0 Å². The molecule has 2 saturated heterocycles. The standard InChI is InChI=1S/C39H52ClN3O7/c1-27-29(7-3-8-34(27)35-9-4-10-37(28(35)2)48-17-5-13-42-15-11-32(46)22-42)26-50-39-20-38(49-18-6-14-43-16-12-33(47)23-43)30(19-36(39)40)21-41-31(24-44)25-45/h3-4,7-10,19-20,24,31-33,41,45-47H,5-6,11-18,21-23,25-26H2,1-2H3. The molecule has 4 N–H and O–H groups in total. The number of nitrogens with one attached hydrogen (secondary N) is 1. The van der Waals surface area contributed by atoms with Crippen LogP contribution in [0, 0.1) is 13.8 Å². The monoisotopic (exact) mass is 709 g/mol. The van der Waals surface area contributed by atoms with E-state index in [1.807, 2.05) is 18.2 Å².